The second kappa shape index (κ2) is 11.0. The van der Waals surface area contributed by atoms with E-state index in [1.165, 1.54) is 5.56 Å². The van der Waals surface area contributed by atoms with Crippen LogP contribution in [0.25, 0.3) is 0 Å². The first kappa shape index (κ1) is 23.7. The molecule has 29 heavy (non-hydrogen) atoms. The van der Waals surface area contributed by atoms with Crippen LogP contribution in [0.3, 0.4) is 0 Å². The van der Waals surface area contributed by atoms with Gasteiger partial charge in [0.25, 0.3) is 0 Å². The second-order valence-electron chi connectivity index (χ2n) is 9.11. The number of aryl methyl sites for hydroxylation is 1. The van der Waals surface area contributed by atoms with Crippen LogP contribution >= 0.6 is 0 Å². The highest BCUT2D eigenvalue weighted by molar-refractivity contribution is 5.75. The largest absolute Gasteiger partial charge is 0.491 e. The molecule has 0 spiro atoms. The summed E-state index contributed by atoms with van der Waals surface area (Å²) >= 11 is 0. The van der Waals surface area contributed by atoms with Crippen molar-refractivity contribution in [2.75, 3.05) is 20.3 Å². The molecule has 0 saturated carbocycles. The molecular formula is C24H39NO4. The van der Waals surface area contributed by atoms with Crippen molar-refractivity contribution in [2.45, 2.75) is 66.0 Å². The van der Waals surface area contributed by atoms with Gasteiger partial charge in [-0.05, 0) is 61.1 Å². The molecule has 164 valence electrons. The van der Waals surface area contributed by atoms with E-state index in [1.54, 1.807) is 7.11 Å². The Bertz CT molecular complexity index is 658. The Morgan fingerprint density at radius 3 is 2.52 bits per heavy atom. The van der Waals surface area contributed by atoms with Gasteiger partial charge in [-0.25, -0.2) is 0 Å². The predicted molar refractivity (Wildman–Crippen MR) is 116 cm³/mol. The van der Waals surface area contributed by atoms with E-state index >= 15 is 0 Å². The number of esters is 1. The summed E-state index contributed by atoms with van der Waals surface area (Å²) in [5, 5.41) is 0. The number of benzene rings is 1. The third-order valence-electron chi connectivity index (χ3n) is 6.15. The number of hydrogen-bond acceptors (Lipinski definition) is 5. The minimum absolute atomic E-state index is 0.0209. The molecule has 4 atom stereocenters. The normalized spacial score (nSPS) is 21.5. The van der Waals surface area contributed by atoms with E-state index in [0.717, 1.165) is 30.6 Å². The van der Waals surface area contributed by atoms with Gasteiger partial charge in [0.15, 0.2) is 0 Å². The Morgan fingerprint density at radius 1 is 1.21 bits per heavy atom. The molecule has 5 heteroatoms. The van der Waals surface area contributed by atoms with E-state index in [4.69, 9.17) is 19.9 Å². The molecule has 0 bridgehead atoms. The highest BCUT2D eigenvalue weighted by atomic mass is 16.6. The van der Waals surface area contributed by atoms with Gasteiger partial charge in [0.05, 0.1) is 12.5 Å². The number of carbonyl (C=O) groups excluding carboxylic acids is 1. The lowest BCUT2D eigenvalue weighted by Gasteiger charge is -2.27. The number of nitrogens with two attached hydrogens (primary N) is 1. The number of rotatable bonds is 11. The predicted octanol–water partition coefficient (Wildman–Crippen LogP) is 4.14. The van der Waals surface area contributed by atoms with E-state index in [-0.39, 0.29) is 24.0 Å². The maximum Gasteiger partial charge on any atom is 0.309 e. The standard InChI is InChI=1S/C24H39NO4/c1-15(2)19(13-21(25)23-14-20(16(3)4)24(26)29-23)11-18-8-7-17(5)22(12-18)28-10-9-27-6/h7-8,12,15-16,19-21,23H,9-11,13-14,25H2,1-6H3/t19-,20?,21-,23?/m0/s1. The third kappa shape index (κ3) is 6.71. The molecular weight excluding hydrogens is 366 g/mol. The minimum Gasteiger partial charge on any atom is -0.491 e. The van der Waals surface area contributed by atoms with Gasteiger partial charge in [-0.3, -0.25) is 4.79 Å². The van der Waals surface area contributed by atoms with E-state index in [9.17, 15) is 4.79 Å². The molecule has 0 radical (unpaired) electrons. The molecule has 1 heterocycles. The van der Waals surface area contributed by atoms with Gasteiger partial charge >= 0.3 is 5.97 Å². The molecule has 0 amide bonds. The Kier molecular flexibility index (Phi) is 8.97. The molecule has 0 aliphatic carbocycles. The van der Waals surface area contributed by atoms with Crippen molar-refractivity contribution in [3.05, 3.63) is 29.3 Å². The average molecular weight is 406 g/mol. The SMILES string of the molecule is COCCOc1cc(C[C@@H](C[C@H](N)C2CC(C(C)C)C(=O)O2)C(C)C)ccc1C. The van der Waals surface area contributed by atoms with Gasteiger partial charge < -0.3 is 19.9 Å². The second-order valence-corrected chi connectivity index (χ2v) is 9.11. The summed E-state index contributed by atoms with van der Waals surface area (Å²) < 4.78 is 16.6. The molecule has 1 aromatic carbocycles. The fourth-order valence-corrected chi connectivity index (χ4v) is 3.99. The summed E-state index contributed by atoms with van der Waals surface area (Å²) in [6, 6.07) is 6.29. The van der Waals surface area contributed by atoms with Gasteiger partial charge in [0.2, 0.25) is 0 Å². The zero-order valence-corrected chi connectivity index (χ0v) is 18.9. The monoisotopic (exact) mass is 405 g/mol. The van der Waals surface area contributed by atoms with Crippen LogP contribution in [0.5, 0.6) is 5.75 Å². The molecule has 5 nitrogen and oxygen atoms in total. The lowest BCUT2D eigenvalue weighted by molar-refractivity contribution is -0.146. The van der Waals surface area contributed by atoms with Crippen molar-refractivity contribution in [1.29, 1.82) is 0 Å². The summed E-state index contributed by atoms with van der Waals surface area (Å²) in [4.78, 5) is 12.1. The summed E-state index contributed by atoms with van der Waals surface area (Å²) in [6.07, 6.45) is 2.35. The van der Waals surface area contributed by atoms with Crippen LogP contribution in [0.1, 0.15) is 51.7 Å². The van der Waals surface area contributed by atoms with Crippen LogP contribution in [-0.2, 0) is 20.7 Å². The van der Waals surface area contributed by atoms with Crippen molar-refractivity contribution in [3.8, 4) is 5.75 Å². The first-order valence-corrected chi connectivity index (χ1v) is 10.9. The van der Waals surface area contributed by atoms with Crippen LogP contribution in [0.15, 0.2) is 18.2 Å². The van der Waals surface area contributed by atoms with Crippen molar-refractivity contribution in [3.63, 3.8) is 0 Å². The maximum absolute atomic E-state index is 12.1. The Labute approximate surface area is 176 Å². The fraction of sp³-hybridized carbons (Fsp3) is 0.708. The first-order valence-electron chi connectivity index (χ1n) is 10.9. The molecule has 1 saturated heterocycles. The van der Waals surface area contributed by atoms with Crippen molar-refractivity contribution in [2.24, 2.45) is 29.4 Å². The van der Waals surface area contributed by atoms with Crippen molar-refractivity contribution >= 4 is 5.97 Å². The van der Waals surface area contributed by atoms with Gasteiger partial charge in [0.1, 0.15) is 18.5 Å². The van der Waals surface area contributed by atoms with Gasteiger partial charge in [-0.2, -0.15) is 0 Å². The molecule has 2 N–H and O–H groups in total. The lowest BCUT2D eigenvalue weighted by Crippen LogP contribution is -2.37. The Morgan fingerprint density at radius 2 is 1.93 bits per heavy atom. The van der Waals surface area contributed by atoms with Crippen LogP contribution in [-0.4, -0.2) is 38.4 Å². The number of hydrogen-bond donors (Lipinski definition) is 1. The Hall–Kier alpha value is -1.59. The van der Waals surface area contributed by atoms with Crippen LogP contribution in [0.2, 0.25) is 0 Å². The van der Waals surface area contributed by atoms with Crippen LogP contribution in [0.4, 0.5) is 0 Å². The molecule has 0 aromatic heterocycles. The van der Waals surface area contributed by atoms with Gasteiger partial charge in [-0.1, -0.05) is 39.8 Å². The zero-order chi connectivity index (χ0) is 21.6. The summed E-state index contributed by atoms with van der Waals surface area (Å²) in [7, 11) is 1.67. The molecule has 2 rings (SSSR count). The van der Waals surface area contributed by atoms with Crippen LogP contribution in [0, 0.1) is 30.6 Å². The molecule has 1 aromatic rings. The number of carbonyl (C=O) groups is 1. The quantitative estimate of drug-likeness (QED) is 0.442. The summed E-state index contributed by atoms with van der Waals surface area (Å²) in [5.41, 5.74) is 8.89. The van der Waals surface area contributed by atoms with Crippen molar-refractivity contribution in [1.82, 2.24) is 0 Å². The average Bonchev–Trinajstić information content (AvgIpc) is 3.05. The fourth-order valence-electron chi connectivity index (χ4n) is 3.99. The highest BCUT2D eigenvalue weighted by Gasteiger charge is 2.39. The summed E-state index contributed by atoms with van der Waals surface area (Å²) in [5.74, 6) is 2.00. The highest BCUT2D eigenvalue weighted by Crippen LogP contribution is 2.32. The smallest absolute Gasteiger partial charge is 0.309 e. The number of cyclic esters (lactones) is 1. The molecule has 1 fully saturated rings. The topological polar surface area (TPSA) is 70.8 Å². The first-order chi connectivity index (χ1) is 13.7. The number of ether oxygens (including phenoxy) is 3. The van der Waals surface area contributed by atoms with E-state index in [2.05, 4.69) is 52.8 Å². The lowest BCUT2D eigenvalue weighted by atomic mass is 9.82. The van der Waals surface area contributed by atoms with Gasteiger partial charge in [0, 0.05) is 13.2 Å². The summed E-state index contributed by atoms with van der Waals surface area (Å²) in [6.45, 7) is 11.8. The van der Waals surface area contributed by atoms with Crippen LogP contribution < -0.4 is 10.5 Å². The molecule has 1 aliphatic rings. The number of methoxy groups -OCH3 is 1. The van der Waals surface area contributed by atoms with E-state index in [1.807, 2.05) is 0 Å². The minimum atomic E-state index is -0.165. The maximum atomic E-state index is 12.1. The zero-order valence-electron chi connectivity index (χ0n) is 18.9. The molecule has 2 unspecified atom stereocenters. The Balaban J connectivity index is 2.01. The van der Waals surface area contributed by atoms with E-state index in [0.29, 0.717) is 31.0 Å². The van der Waals surface area contributed by atoms with Crippen molar-refractivity contribution < 1.29 is 19.0 Å². The molecule has 1 aliphatic heterocycles. The van der Waals surface area contributed by atoms with Gasteiger partial charge in [-0.15, -0.1) is 0 Å². The van der Waals surface area contributed by atoms with E-state index < -0.39 is 0 Å². The third-order valence-corrected chi connectivity index (χ3v) is 6.15.